The molecule has 2 N–H and O–H groups in total. The van der Waals surface area contributed by atoms with Gasteiger partial charge in [-0.25, -0.2) is 4.98 Å². The van der Waals surface area contributed by atoms with E-state index in [1.165, 1.54) is 18.3 Å². The minimum absolute atomic E-state index is 0.121. The average molecular weight is 383 g/mol. The molecular formula is C20H21N3O3S. The minimum Gasteiger partial charge on any atom is -0.494 e. The van der Waals surface area contributed by atoms with Crippen LogP contribution in [0.15, 0.2) is 42.5 Å². The van der Waals surface area contributed by atoms with E-state index in [2.05, 4.69) is 15.6 Å². The van der Waals surface area contributed by atoms with E-state index < -0.39 is 6.04 Å². The first-order valence-electron chi connectivity index (χ1n) is 8.53. The van der Waals surface area contributed by atoms with E-state index in [-0.39, 0.29) is 18.2 Å². The molecule has 140 valence electrons. The van der Waals surface area contributed by atoms with Gasteiger partial charge in [-0.15, -0.1) is 0 Å². The Morgan fingerprint density at radius 1 is 1.19 bits per heavy atom. The molecule has 0 aliphatic rings. The van der Waals surface area contributed by atoms with E-state index >= 15 is 0 Å². The molecule has 1 aromatic heterocycles. The molecule has 2 aromatic carbocycles. The summed E-state index contributed by atoms with van der Waals surface area (Å²) in [5.74, 6) is 0.269. The Balaban J connectivity index is 1.76. The molecule has 0 aliphatic carbocycles. The Hall–Kier alpha value is -2.93. The number of anilines is 1. The summed E-state index contributed by atoms with van der Waals surface area (Å²) in [4.78, 5) is 28.6. The molecule has 1 heterocycles. The van der Waals surface area contributed by atoms with Gasteiger partial charge < -0.3 is 15.4 Å². The van der Waals surface area contributed by atoms with Crippen molar-refractivity contribution in [3.8, 4) is 5.75 Å². The molecule has 0 fully saturated rings. The van der Waals surface area contributed by atoms with Crippen LogP contribution in [-0.4, -0.2) is 23.9 Å². The van der Waals surface area contributed by atoms with Gasteiger partial charge in [0.15, 0.2) is 5.13 Å². The van der Waals surface area contributed by atoms with Crippen LogP contribution in [0.3, 0.4) is 0 Å². The fourth-order valence-corrected chi connectivity index (χ4v) is 3.69. The van der Waals surface area contributed by atoms with Crippen molar-refractivity contribution in [1.29, 1.82) is 0 Å². The van der Waals surface area contributed by atoms with Crippen LogP contribution in [0.2, 0.25) is 0 Å². The van der Waals surface area contributed by atoms with Gasteiger partial charge in [-0.3, -0.25) is 9.59 Å². The first-order chi connectivity index (χ1) is 13.0. The lowest BCUT2D eigenvalue weighted by atomic mass is 10.0. The van der Waals surface area contributed by atoms with Crippen LogP contribution in [0.1, 0.15) is 30.5 Å². The molecule has 2 amide bonds. The molecule has 27 heavy (non-hydrogen) atoms. The van der Waals surface area contributed by atoms with Crippen molar-refractivity contribution in [2.75, 3.05) is 12.4 Å². The number of carbonyl (C=O) groups is 2. The number of aromatic nitrogens is 1. The van der Waals surface area contributed by atoms with Crippen LogP contribution in [0.5, 0.6) is 5.75 Å². The number of benzene rings is 2. The van der Waals surface area contributed by atoms with Gasteiger partial charge in [0.2, 0.25) is 11.8 Å². The van der Waals surface area contributed by atoms with Crippen LogP contribution < -0.4 is 15.4 Å². The number of carbonyl (C=O) groups excluding carboxylic acids is 2. The van der Waals surface area contributed by atoms with Gasteiger partial charge in [0.1, 0.15) is 11.3 Å². The van der Waals surface area contributed by atoms with E-state index in [0.29, 0.717) is 10.9 Å². The third kappa shape index (κ3) is 4.62. The van der Waals surface area contributed by atoms with Gasteiger partial charge in [-0.1, -0.05) is 47.2 Å². The number of hydrogen-bond donors (Lipinski definition) is 2. The number of para-hydroxylation sites is 1. The maximum Gasteiger partial charge on any atom is 0.228 e. The van der Waals surface area contributed by atoms with Gasteiger partial charge in [-0.2, -0.15) is 0 Å². The van der Waals surface area contributed by atoms with Gasteiger partial charge in [0, 0.05) is 6.92 Å². The van der Waals surface area contributed by atoms with Crippen LogP contribution >= 0.6 is 11.3 Å². The molecule has 0 bridgehead atoms. The van der Waals surface area contributed by atoms with E-state index in [1.807, 2.05) is 49.4 Å². The van der Waals surface area contributed by atoms with Crippen LogP contribution in [0.4, 0.5) is 5.13 Å². The highest BCUT2D eigenvalue weighted by Crippen LogP contribution is 2.32. The standard InChI is InChI=1S/C20H21N3O3S/c1-12-7-9-14(10-8-12)15(21-13(2)24)11-18(25)22-20-23-19-16(26-3)5-4-6-17(19)27-20/h4-10,15H,11H2,1-3H3,(H,21,24)(H,22,23,25). The van der Waals surface area contributed by atoms with E-state index in [1.54, 1.807) is 7.11 Å². The van der Waals surface area contributed by atoms with Crippen LogP contribution in [0, 0.1) is 6.92 Å². The summed E-state index contributed by atoms with van der Waals surface area (Å²) >= 11 is 1.38. The zero-order chi connectivity index (χ0) is 19.4. The fourth-order valence-electron chi connectivity index (χ4n) is 2.79. The van der Waals surface area contributed by atoms with Crippen molar-refractivity contribution in [2.24, 2.45) is 0 Å². The first-order valence-corrected chi connectivity index (χ1v) is 9.35. The second-order valence-electron chi connectivity index (χ2n) is 6.24. The number of thiazole rings is 1. The number of nitrogens with zero attached hydrogens (tertiary/aromatic N) is 1. The molecule has 0 spiro atoms. The lowest BCUT2D eigenvalue weighted by Crippen LogP contribution is -2.29. The molecule has 7 heteroatoms. The Labute approximate surface area is 161 Å². The van der Waals surface area contributed by atoms with Crippen molar-refractivity contribution in [3.63, 3.8) is 0 Å². The summed E-state index contributed by atoms with van der Waals surface area (Å²) in [7, 11) is 1.59. The van der Waals surface area contributed by atoms with Crippen molar-refractivity contribution < 1.29 is 14.3 Å². The quantitative estimate of drug-likeness (QED) is 0.678. The fraction of sp³-hybridized carbons (Fsp3) is 0.250. The number of methoxy groups -OCH3 is 1. The van der Waals surface area contributed by atoms with Gasteiger partial charge in [0.25, 0.3) is 0 Å². The zero-order valence-corrected chi connectivity index (χ0v) is 16.2. The number of hydrogen-bond acceptors (Lipinski definition) is 5. The van der Waals surface area contributed by atoms with Crippen LogP contribution in [-0.2, 0) is 9.59 Å². The first kappa shape index (κ1) is 18.8. The van der Waals surface area contributed by atoms with Crippen molar-refractivity contribution in [2.45, 2.75) is 26.3 Å². The van der Waals surface area contributed by atoms with Gasteiger partial charge in [0.05, 0.1) is 24.3 Å². The van der Waals surface area contributed by atoms with E-state index in [4.69, 9.17) is 4.74 Å². The molecule has 0 radical (unpaired) electrons. The number of fused-ring (bicyclic) bond motifs is 1. The highest BCUT2D eigenvalue weighted by Gasteiger charge is 2.18. The number of rotatable bonds is 6. The number of nitrogens with one attached hydrogen (secondary N) is 2. The molecule has 0 saturated heterocycles. The molecule has 1 unspecified atom stereocenters. The maximum atomic E-state index is 12.5. The predicted octanol–water partition coefficient (Wildman–Crippen LogP) is 3.82. The minimum atomic E-state index is -0.396. The number of aryl methyl sites for hydroxylation is 1. The second kappa shape index (κ2) is 8.18. The Kier molecular flexibility index (Phi) is 5.71. The van der Waals surface area contributed by atoms with Gasteiger partial charge >= 0.3 is 0 Å². The summed E-state index contributed by atoms with van der Waals surface area (Å²) in [6.07, 6.45) is 0.121. The monoisotopic (exact) mass is 383 g/mol. The smallest absolute Gasteiger partial charge is 0.228 e. The summed E-state index contributed by atoms with van der Waals surface area (Å²) in [6, 6.07) is 13.0. The maximum absolute atomic E-state index is 12.5. The van der Waals surface area contributed by atoms with Crippen molar-refractivity contribution in [3.05, 3.63) is 53.6 Å². The number of amides is 2. The number of ether oxygens (including phenoxy) is 1. The third-order valence-corrected chi connectivity index (χ3v) is 5.03. The lowest BCUT2D eigenvalue weighted by Gasteiger charge is -2.18. The lowest BCUT2D eigenvalue weighted by molar-refractivity contribution is -0.120. The van der Waals surface area contributed by atoms with Crippen LogP contribution in [0.25, 0.3) is 10.2 Å². The second-order valence-corrected chi connectivity index (χ2v) is 7.27. The molecule has 0 aliphatic heterocycles. The topological polar surface area (TPSA) is 80.3 Å². The molecular weight excluding hydrogens is 362 g/mol. The van der Waals surface area contributed by atoms with E-state index in [0.717, 1.165) is 21.3 Å². The SMILES string of the molecule is COc1cccc2sc(NC(=O)CC(NC(C)=O)c3ccc(C)cc3)nc12. The molecule has 1 atom stereocenters. The molecule has 6 nitrogen and oxygen atoms in total. The summed E-state index contributed by atoms with van der Waals surface area (Å²) in [6.45, 7) is 3.43. The molecule has 0 saturated carbocycles. The Bertz CT molecular complexity index is 966. The Morgan fingerprint density at radius 2 is 1.93 bits per heavy atom. The zero-order valence-electron chi connectivity index (χ0n) is 15.4. The molecule has 3 aromatic rings. The highest BCUT2D eigenvalue weighted by atomic mass is 32.1. The largest absolute Gasteiger partial charge is 0.494 e. The summed E-state index contributed by atoms with van der Waals surface area (Å²) in [5, 5.41) is 6.17. The van der Waals surface area contributed by atoms with Crippen molar-refractivity contribution >= 4 is 38.5 Å². The third-order valence-electron chi connectivity index (χ3n) is 4.09. The van der Waals surface area contributed by atoms with E-state index in [9.17, 15) is 9.59 Å². The Morgan fingerprint density at radius 3 is 2.59 bits per heavy atom. The molecule has 3 rings (SSSR count). The van der Waals surface area contributed by atoms with Gasteiger partial charge in [-0.05, 0) is 24.6 Å². The highest BCUT2D eigenvalue weighted by molar-refractivity contribution is 7.22. The van der Waals surface area contributed by atoms with Crippen molar-refractivity contribution in [1.82, 2.24) is 10.3 Å². The average Bonchev–Trinajstić information content (AvgIpc) is 3.03. The predicted molar refractivity (Wildman–Crippen MR) is 107 cm³/mol. The summed E-state index contributed by atoms with van der Waals surface area (Å²) in [5.41, 5.74) is 2.72. The normalized spacial score (nSPS) is 11.8. The summed E-state index contributed by atoms with van der Waals surface area (Å²) < 4.78 is 6.24.